The van der Waals surface area contributed by atoms with Crippen LogP contribution in [0.2, 0.25) is 0 Å². The van der Waals surface area contributed by atoms with E-state index < -0.39 is 0 Å². The minimum atomic E-state index is -0.0279. The predicted octanol–water partition coefficient (Wildman–Crippen LogP) is 3.90. The molecule has 0 atom stereocenters. The van der Waals surface area contributed by atoms with Crippen molar-refractivity contribution in [1.29, 1.82) is 0 Å². The molecule has 4 nitrogen and oxygen atoms in total. The zero-order valence-corrected chi connectivity index (χ0v) is 14.5. The first-order chi connectivity index (χ1) is 12.1. The third-order valence-corrected chi connectivity index (χ3v) is 4.87. The lowest BCUT2D eigenvalue weighted by Crippen LogP contribution is -2.20. The van der Waals surface area contributed by atoms with Gasteiger partial charge in [-0.3, -0.25) is 9.36 Å². The molecule has 0 saturated carbocycles. The average molecular weight is 329 g/mol. The van der Waals surface area contributed by atoms with Crippen LogP contribution in [-0.2, 0) is 14.1 Å². The van der Waals surface area contributed by atoms with E-state index in [2.05, 4.69) is 35.7 Å². The molecule has 2 heterocycles. The summed E-state index contributed by atoms with van der Waals surface area (Å²) in [5, 5.41) is 1.84. The fraction of sp³-hybridized carbons (Fsp3) is 0.143. The SMILES string of the molecule is Cc1c(/C=C\c2nc3ccccc3c(=O)n2C)c2ccccc2n1C. The van der Waals surface area contributed by atoms with E-state index in [1.165, 1.54) is 16.6 Å². The van der Waals surface area contributed by atoms with E-state index in [0.717, 1.165) is 11.1 Å². The van der Waals surface area contributed by atoms with Gasteiger partial charge < -0.3 is 4.57 Å². The summed E-state index contributed by atoms with van der Waals surface area (Å²) in [7, 11) is 3.83. The molecule has 124 valence electrons. The Bertz CT molecular complexity index is 1200. The molecule has 0 fully saturated rings. The van der Waals surface area contributed by atoms with Gasteiger partial charge in [-0.25, -0.2) is 4.98 Å². The molecule has 0 unspecified atom stereocenters. The lowest BCUT2D eigenvalue weighted by Gasteiger charge is -2.05. The number of para-hydroxylation sites is 2. The number of hydrogen-bond acceptors (Lipinski definition) is 2. The summed E-state index contributed by atoms with van der Waals surface area (Å²) < 4.78 is 3.78. The highest BCUT2D eigenvalue weighted by Gasteiger charge is 2.10. The van der Waals surface area contributed by atoms with Crippen molar-refractivity contribution in [1.82, 2.24) is 14.1 Å². The summed E-state index contributed by atoms with van der Waals surface area (Å²) in [6, 6.07) is 15.8. The molecule has 0 bridgehead atoms. The second-order valence-electron chi connectivity index (χ2n) is 6.26. The molecule has 2 aromatic heterocycles. The van der Waals surface area contributed by atoms with Crippen LogP contribution in [0.15, 0.2) is 53.3 Å². The van der Waals surface area contributed by atoms with Crippen LogP contribution in [0.25, 0.3) is 34.0 Å². The fourth-order valence-corrected chi connectivity index (χ4v) is 3.30. The van der Waals surface area contributed by atoms with Gasteiger partial charge in [0.2, 0.25) is 0 Å². The zero-order chi connectivity index (χ0) is 17.6. The predicted molar refractivity (Wildman–Crippen MR) is 104 cm³/mol. The van der Waals surface area contributed by atoms with Gasteiger partial charge in [0.05, 0.1) is 10.9 Å². The molecule has 0 saturated heterocycles. The van der Waals surface area contributed by atoms with Crippen LogP contribution in [0.4, 0.5) is 0 Å². The lowest BCUT2D eigenvalue weighted by molar-refractivity contribution is 0.828. The van der Waals surface area contributed by atoms with Crippen molar-refractivity contribution in [2.75, 3.05) is 0 Å². The maximum absolute atomic E-state index is 12.5. The Balaban J connectivity index is 1.89. The number of aryl methyl sites for hydroxylation is 1. The molecule has 0 spiro atoms. The molecular weight excluding hydrogens is 310 g/mol. The van der Waals surface area contributed by atoms with E-state index in [0.29, 0.717) is 11.2 Å². The molecule has 0 radical (unpaired) electrons. The first kappa shape index (κ1) is 15.4. The van der Waals surface area contributed by atoms with Gasteiger partial charge in [-0.2, -0.15) is 0 Å². The smallest absolute Gasteiger partial charge is 0.261 e. The summed E-state index contributed by atoms with van der Waals surface area (Å²) >= 11 is 0. The molecule has 4 rings (SSSR count). The van der Waals surface area contributed by atoms with E-state index in [9.17, 15) is 4.79 Å². The van der Waals surface area contributed by atoms with Crippen LogP contribution < -0.4 is 5.56 Å². The number of rotatable bonds is 2. The topological polar surface area (TPSA) is 39.8 Å². The van der Waals surface area contributed by atoms with E-state index in [-0.39, 0.29) is 5.56 Å². The van der Waals surface area contributed by atoms with Crippen LogP contribution in [0.5, 0.6) is 0 Å². The number of hydrogen-bond donors (Lipinski definition) is 0. The number of aromatic nitrogens is 3. The van der Waals surface area contributed by atoms with Crippen LogP contribution in [0, 0.1) is 6.92 Å². The standard InChI is InChI=1S/C21H19N3O/c1-14-15(16-8-5-7-11-19(16)23(14)2)12-13-20-22-18-10-6-4-9-17(18)21(25)24(20)3/h4-13H,1-3H3/b13-12-. The number of fused-ring (bicyclic) bond motifs is 2. The summed E-state index contributed by atoms with van der Waals surface area (Å²) in [5.41, 5.74) is 4.23. The molecule has 25 heavy (non-hydrogen) atoms. The fourth-order valence-electron chi connectivity index (χ4n) is 3.30. The highest BCUT2D eigenvalue weighted by Crippen LogP contribution is 2.26. The van der Waals surface area contributed by atoms with Crippen molar-refractivity contribution in [3.8, 4) is 0 Å². The summed E-state index contributed by atoms with van der Waals surface area (Å²) in [6.07, 6.45) is 3.97. The molecule has 2 aromatic carbocycles. The van der Waals surface area contributed by atoms with Crippen LogP contribution in [0.3, 0.4) is 0 Å². The molecule has 4 aromatic rings. The molecule has 0 N–H and O–H groups in total. The third kappa shape index (κ3) is 2.38. The molecule has 0 aliphatic heterocycles. The van der Waals surface area contributed by atoms with Gasteiger partial charge in [0.25, 0.3) is 5.56 Å². The zero-order valence-electron chi connectivity index (χ0n) is 14.5. The minimum absolute atomic E-state index is 0.0279. The lowest BCUT2D eigenvalue weighted by atomic mass is 10.1. The maximum atomic E-state index is 12.5. The monoisotopic (exact) mass is 329 g/mol. The molecule has 0 aliphatic carbocycles. The Hall–Kier alpha value is -3.14. The Morgan fingerprint density at radius 3 is 2.36 bits per heavy atom. The first-order valence-corrected chi connectivity index (χ1v) is 8.26. The van der Waals surface area contributed by atoms with Gasteiger partial charge in [-0.05, 0) is 37.3 Å². The van der Waals surface area contributed by atoms with Crippen LogP contribution >= 0.6 is 0 Å². The Kier molecular flexibility index (Phi) is 3.53. The van der Waals surface area contributed by atoms with Crippen molar-refractivity contribution in [3.05, 3.63) is 76.0 Å². The van der Waals surface area contributed by atoms with Crippen LogP contribution in [-0.4, -0.2) is 14.1 Å². The third-order valence-electron chi connectivity index (χ3n) is 4.87. The summed E-state index contributed by atoms with van der Waals surface area (Å²) in [4.78, 5) is 17.2. The Morgan fingerprint density at radius 1 is 0.880 bits per heavy atom. The van der Waals surface area contributed by atoms with Gasteiger partial charge in [-0.1, -0.05) is 30.3 Å². The number of benzene rings is 2. The van der Waals surface area contributed by atoms with E-state index in [4.69, 9.17) is 0 Å². The van der Waals surface area contributed by atoms with E-state index in [1.54, 1.807) is 11.6 Å². The Labute approximate surface area is 145 Å². The first-order valence-electron chi connectivity index (χ1n) is 8.26. The highest BCUT2D eigenvalue weighted by atomic mass is 16.1. The van der Waals surface area contributed by atoms with Gasteiger partial charge in [0, 0.05) is 36.3 Å². The van der Waals surface area contributed by atoms with Gasteiger partial charge in [0.15, 0.2) is 0 Å². The Morgan fingerprint density at radius 2 is 1.56 bits per heavy atom. The average Bonchev–Trinajstić information content (AvgIpc) is 2.88. The normalized spacial score (nSPS) is 11.8. The second-order valence-corrected chi connectivity index (χ2v) is 6.26. The van der Waals surface area contributed by atoms with Gasteiger partial charge in [-0.15, -0.1) is 0 Å². The highest BCUT2D eigenvalue weighted by molar-refractivity contribution is 5.93. The van der Waals surface area contributed by atoms with Crippen LogP contribution in [0.1, 0.15) is 17.1 Å². The molecule has 0 amide bonds. The quantitative estimate of drug-likeness (QED) is 0.559. The number of nitrogens with zero attached hydrogens (tertiary/aromatic N) is 3. The van der Waals surface area contributed by atoms with Crippen molar-refractivity contribution < 1.29 is 0 Å². The summed E-state index contributed by atoms with van der Waals surface area (Å²) in [6.45, 7) is 2.10. The molecular formula is C21H19N3O. The van der Waals surface area contributed by atoms with Crippen molar-refractivity contribution in [2.45, 2.75) is 6.92 Å². The largest absolute Gasteiger partial charge is 0.347 e. The van der Waals surface area contributed by atoms with Gasteiger partial charge >= 0.3 is 0 Å². The van der Waals surface area contributed by atoms with E-state index >= 15 is 0 Å². The van der Waals surface area contributed by atoms with E-state index in [1.807, 2.05) is 48.6 Å². The molecule has 0 aliphatic rings. The summed E-state index contributed by atoms with van der Waals surface area (Å²) in [5.74, 6) is 0.649. The minimum Gasteiger partial charge on any atom is -0.347 e. The molecule has 4 heteroatoms. The van der Waals surface area contributed by atoms with Gasteiger partial charge in [0.1, 0.15) is 5.82 Å². The second kappa shape index (κ2) is 5.74. The maximum Gasteiger partial charge on any atom is 0.261 e. The van der Waals surface area contributed by atoms with Crippen molar-refractivity contribution in [2.24, 2.45) is 14.1 Å². The van der Waals surface area contributed by atoms with Crippen molar-refractivity contribution >= 4 is 34.0 Å². The van der Waals surface area contributed by atoms with Crippen molar-refractivity contribution in [3.63, 3.8) is 0 Å².